The number of rotatable bonds is 5. The number of hydrogen-bond donors (Lipinski definition) is 1. The fourth-order valence-electron chi connectivity index (χ4n) is 2.82. The molecule has 1 unspecified atom stereocenters. The predicted molar refractivity (Wildman–Crippen MR) is 88.2 cm³/mol. The van der Waals surface area contributed by atoms with E-state index in [1.807, 2.05) is 33.3 Å². The summed E-state index contributed by atoms with van der Waals surface area (Å²) in [6.07, 6.45) is 3.58. The number of amides is 1. The Morgan fingerprint density at radius 2 is 2.13 bits per heavy atom. The van der Waals surface area contributed by atoms with E-state index in [9.17, 15) is 4.79 Å². The molecule has 1 atom stereocenters. The predicted octanol–water partition coefficient (Wildman–Crippen LogP) is 2.20. The monoisotopic (exact) mass is 312 g/mol. The van der Waals surface area contributed by atoms with Crippen molar-refractivity contribution in [3.8, 4) is 0 Å². The van der Waals surface area contributed by atoms with Gasteiger partial charge in [-0.3, -0.25) is 4.79 Å². The summed E-state index contributed by atoms with van der Waals surface area (Å²) in [6, 6.07) is 9.89. The molecule has 23 heavy (non-hydrogen) atoms. The van der Waals surface area contributed by atoms with Gasteiger partial charge < -0.3 is 19.3 Å². The molecule has 1 N–H and O–H groups in total. The van der Waals surface area contributed by atoms with Crippen molar-refractivity contribution < 1.29 is 9.32 Å². The SMILES string of the molecule is CN(C)C(CNC(=O)c1ccno1)c1cn(C)c2ccccc12. The van der Waals surface area contributed by atoms with E-state index in [2.05, 4.69) is 38.3 Å². The second-order valence-corrected chi connectivity index (χ2v) is 5.78. The number of benzene rings is 1. The minimum Gasteiger partial charge on any atom is -0.351 e. The van der Waals surface area contributed by atoms with Crippen molar-refractivity contribution in [2.75, 3.05) is 20.6 Å². The number of aryl methyl sites for hydroxylation is 1. The van der Waals surface area contributed by atoms with Gasteiger partial charge in [-0.25, -0.2) is 0 Å². The van der Waals surface area contributed by atoms with E-state index in [0.717, 1.165) is 0 Å². The number of carbonyl (C=O) groups is 1. The number of hydrogen-bond acceptors (Lipinski definition) is 4. The minimum atomic E-state index is -0.255. The molecule has 0 spiro atoms. The first kappa shape index (κ1) is 15.3. The third-order valence-corrected chi connectivity index (χ3v) is 4.03. The molecule has 0 fully saturated rings. The topological polar surface area (TPSA) is 63.3 Å². The van der Waals surface area contributed by atoms with Crippen molar-refractivity contribution >= 4 is 16.8 Å². The van der Waals surface area contributed by atoms with Gasteiger partial charge in [-0.15, -0.1) is 0 Å². The summed E-state index contributed by atoms with van der Waals surface area (Å²) in [5, 5.41) is 7.67. The van der Waals surface area contributed by atoms with E-state index < -0.39 is 0 Å². The molecule has 2 aromatic heterocycles. The number of likely N-dealkylation sites (N-methyl/N-ethyl adjacent to an activating group) is 1. The van der Waals surface area contributed by atoms with Crippen molar-refractivity contribution in [3.05, 3.63) is 54.0 Å². The number of carbonyl (C=O) groups excluding carboxylic acids is 1. The van der Waals surface area contributed by atoms with E-state index in [1.54, 1.807) is 6.07 Å². The number of nitrogens with zero attached hydrogens (tertiary/aromatic N) is 3. The van der Waals surface area contributed by atoms with Gasteiger partial charge in [-0.05, 0) is 25.7 Å². The van der Waals surface area contributed by atoms with Gasteiger partial charge in [-0.1, -0.05) is 23.4 Å². The summed E-state index contributed by atoms with van der Waals surface area (Å²) in [7, 11) is 6.05. The lowest BCUT2D eigenvalue weighted by Gasteiger charge is -2.24. The standard InChI is InChI=1S/C17H20N4O2/c1-20(2)15(10-18-17(22)16-8-9-19-23-16)13-11-21(3)14-7-5-4-6-12(13)14/h4-9,11,15H,10H2,1-3H3,(H,18,22). The lowest BCUT2D eigenvalue weighted by molar-refractivity contribution is 0.0905. The molecule has 120 valence electrons. The Morgan fingerprint density at radius 3 is 2.83 bits per heavy atom. The molecular weight excluding hydrogens is 292 g/mol. The maximum Gasteiger partial charge on any atom is 0.289 e. The average Bonchev–Trinajstić information content (AvgIpc) is 3.17. The van der Waals surface area contributed by atoms with Crippen LogP contribution in [0.2, 0.25) is 0 Å². The highest BCUT2D eigenvalue weighted by Gasteiger charge is 2.21. The fourth-order valence-corrected chi connectivity index (χ4v) is 2.82. The van der Waals surface area contributed by atoms with Crippen LogP contribution in [0.4, 0.5) is 0 Å². The van der Waals surface area contributed by atoms with E-state index in [0.29, 0.717) is 6.54 Å². The van der Waals surface area contributed by atoms with Gasteiger partial charge in [0.05, 0.1) is 12.2 Å². The number of nitrogens with one attached hydrogen (secondary N) is 1. The molecule has 1 amide bonds. The third-order valence-electron chi connectivity index (χ3n) is 4.03. The first-order chi connectivity index (χ1) is 11.1. The third kappa shape index (κ3) is 2.98. The van der Waals surface area contributed by atoms with Gasteiger partial charge in [0.2, 0.25) is 5.76 Å². The van der Waals surface area contributed by atoms with Crippen LogP contribution in [-0.2, 0) is 7.05 Å². The highest BCUT2D eigenvalue weighted by molar-refractivity contribution is 5.91. The highest BCUT2D eigenvalue weighted by atomic mass is 16.5. The van der Waals surface area contributed by atoms with Crippen LogP contribution in [0.5, 0.6) is 0 Å². The zero-order valence-electron chi connectivity index (χ0n) is 13.5. The molecule has 1 aromatic carbocycles. The normalized spacial score (nSPS) is 12.7. The van der Waals surface area contributed by atoms with Crippen LogP contribution >= 0.6 is 0 Å². The molecule has 0 aliphatic rings. The lowest BCUT2D eigenvalue weighted by atomic mass is 10.0. The van der Waals surface area contributed by atoms with Gasteiger partial charge in [0, 0.05) is 36.8 Å². The fraction of sp³-hybridized carbons (Fsp3) is 0.294. The molecule has 3 aromatic rings. The molecule has 2 heterocycles. The van der Waals surface area contributed by atoms with Crippen molar-refractivity contribution in [2.45, 2.75) is 6.04 Å². The molecule has 6 heteroatoms. The first-order valence-corrected chi connectivity index (χ1v) is 7.47. The summed E-state index contributed by atoms with van der Waals surface area (Å²) >= 11 is 0. The van der Waals surface area contributed by atoms with Crippen molar-refractivity contribution in [1.29, 1.82) is 0 Å². The summed E-state index contributed by atoms with van der Waals surface area (Å²) in [5.74, 6) is -0.0324. The quantitative estimate of drug-likeness (QED) is 0.784. The Balaban J connectivity index is 1.85. The number of fused-ring (bicyclic) bond motifs is 1. The van der Waals surface area contributed by atoms with Crippen LogP contribution in [-0.4, -0.2) is 41.2 Å². The maximum atomic E-state index is 12.1. The van der Waals surface area contributed by atoms with Crippen molar-refractivity contribution in [1.82, 2.24) is 19.9 Å². The second kappa shape index (κ2) is 6.26. The Bertz CT molecular complexity index is 805. The molecule has 0 radical (unpaired) electrons. The summed E-state index contributed by atoms with van der Waals surface area (Å²) in [4.78, 5) is 14.2. The van der Waals surface area contributed by atoms with Crippen molar-refractivity contribution in [3.63, 3.8) is 0 Å². The van der Waals surface area contributed by atoms with Crippen LogP contribution < -0.4 is 5.32 Å². The highest BCUT2D eigenvalue weighted by Crippen LogP contribution is 2.28. The second-order valence-electron chi connectivity index (χ2n) is 5.78. The molecule has 0 saturated carbocycles. The zero-order chi connectivity index (χ0) is 16.4. The van der Waals surface area contributed by atoms with E-state index in [1.165, 1.54) is 22.7 Å². The van der Waals surface area contributed by atoms with E-state index >= 15 is 0 Å². The molecule has 0 aliphatic carbocycles. The van der Waals surface area contributed by atoms with Gasteiger partial charge in [-0.2, -0.15) is 0 Å². The molecule has 3 rings (SSSR count). The zero-order valence-corrected chi connectivity index (χ0v) is 13.5. The maximum absolute atomic E-state index is 12.1. The lowest BCUT2D eigenvalue weighted by Crippen LogP contribution is -2.34. The van der Waals surface area contributed by atoms with Gasteiger partial charge in [0.25, 0.3) is 5.91 Å². The van der Waals surface area contributed by atoms with Crippen molar-refractivity contribution in [2.24, 2.45) is 7.05 Å². The number of aromatic nitrogens is 2. The van der Waals surface area contributed by atoms with Gasteiger partial charge in [0.1, 0.15) is 0 Å². The molecule has 0 aliphatic heterocycles. The Kier molecular flexibility index (Phi) is 4.16. The first-order valence-electron chi connectivity index (χ1n) is 7.47. The van der Waals surface area contributed by atoms with Gasteiger partial charge >= 0.3 is 0 Å². The molecular formula is C17H20N4O2. The summed E-state index contributed by atoms with van der Waals surface area (Å²) in [6.45, 7) is 0.487. The minimum absolute atomic E-state index is 0.0629. The largest absolute Gasteiger partial charge is 0.351 e. The molecule has 0 bridgehead atoms. The smallest absolute Gasteiger partial charge is 0.289 e. The Hall–Kier alpha value is -2.60. The summed E-state index contributed by atoms with van der Waals surface area (Å²) < 4.78 is 7.00. The van der Waals surface area contributed by atoms with Crippen LogP contribution in [0.1, 0.15) is 22.2 Å². The van der Waals surface area contributed by atoms with E-state index in [-0.39, 0.29) is 17.7 Å². The number of para-hydroxylation sites is 1. The van der Waals surface area contributed by atoms with Crippen LogP contribution in [0.25, 0.3) is 10.9 Å². The van der Waals surface area contributed by atoms with Crippen LogP contribution in [0, 0.1) is 0 Å². The van der Waals surface area contributed by atoms with Crippen LogP contribution in [0.3, 0.4) is 0 Å². The van der Waals surface area contributed by atoms with E-state index in [4.69, 9.17) is 4.52 Å². The van der Waals surface area contributed by atoms with Gasteiger partial charge in [0.15, 0.2) is 0 Å². The Labute approximate surface area is 134 Å². The molecule has 0 saturated heterocycles. The Morgan fingerprint density at radius 1 is 1.35 bits per heavy atom. The average molecular weight is 312 g/mol. The molecule has 6 nitrogen and oxygen atoms in total. The van der Waals surface area contributed by atoms with Crippen LogP contribution in [0.15, 0.2) is 47.2 Å². The summed E-state index contributed by atoms with van der Waals surface area (Å²) in [5.41, 5.74) is 2.36.